The molecule has 0 spiro atoms. The second-order valence-corrected chi connectivity index (χ2v) is 7.29. The number of fused-ring (bicyclic) bond motifs is 1. The van der Waals surface area contributed by atoms with Crippen LogP contribution in [0.15, 0.2) is 36.4 Å². The van der Waals surface area contributed by atoms with Crippen molar-refractivity contribution in [2.45, 2.75) is 19.4 Å². The van der Waals surface area contributed by atoms with Gasteiger partial charge >= 0.3 is 5.97 Å². The zero-order valence-corrected chi connectivity index (χ0v) is 15.7. The van der Waals surface area contributed by atoms with Crippen LogP contribution in [0.3, 0.4) is 0 Å². The number of carboxylic acid groups (broad SMARTS) is 1. The highest BCUT2D eigenvalue weighted by molar-refractivity contribution is 7.16. The molecule has 1 aromatic carbocycles. The lowest BCUT2D eigenvalue weighted by Gasteiger charge is -2.26. The van der Waals surface area contributed by atoms with Crippen molar-refractivity contribution in [3.8, 4) is 6.07 Å². The lowest BCUT2D eigenvalue weighted by molar-refractivity contribution is -0.144. The summed E-state index contributed by atoms with van der Waals surface area (Å²) in [5.74, 6) is -1.97. The molecule has 7 nitrogen and oxygen atoms in total. The van der Waals surface area contributed by atoms with E-state index in [2.05, 4.69) is 11.4 Å². The number of nitrogens with one attached hydrogen (secondary N) is 1. The Hall–Kier alpha value is -3.44. The van der Waals surface area contributed by atoms with Gasteiger partial charge in [0.1, 0.15) is 17.5 Å². The third kappa shape index (κ3) is 4.45. The van der Waals surface area contributed by atoms with Gasteiger partial charge in [0.05, 0.1) is 12.1 Å². The average Bonchev–Trinajstić information content (AvgIpc) is 3.02. The molecule has 0 radical (unpaired) electrons. The first-order valence-electron chi connectivity index (χ1n) is 8.56. The van der Waals surface area contributed by atoms with Crippen LogP contribution in [-0.4, -0.2) is 34.3 Å². The predicted octanol–water partition coefficient (Wildman–Crippen LogP) is 2.63. The fourth-order valence-electron chi connectivity index (χ4n) is 2.95. The number of carbonyl (C=O) groups is 3. The molecule has 0 aliphatic carbocycles. The van der Waals surface area contributed by atoms with Crippen LogP contribution in [0, 0.1) is 11.3 Å². The molecule has 0 unspecified atom stereocenters. The van der Waals surface area contributed by atoms with Crippen LogP contribution in [0.5, 0.6) is 0 Å². The van der Waals surface area contributed by atoms with Crippen LogP contribution in [0.25, 0.3) is 6.08 Å². The molecule has 0 bridgehead atoms. The molecule has 2 amide bonds. The van der Waals surface area contributed by atoms with Gasteiger partial charge in [0, 0.05) is 17.5 Å². The molecule has 3 rings (SSSR count). The van der Waals surface area contributed by atoms with Crippen molar-refractivity contribution in [3.05, 3.63) is 58.0 Å². The van der Waals surface area contributed by atoms with Crippen molar-refractivity contribution >= 4 is 40.2 Å². The quantitative estimate of drug-likeness (QED) is 0.597. The Kier molecular flexibility index (Phi) is 5.87. The van der Waals surface area contributed by atoms with Gasteiger partial charge in [-0.3, -0.25) is 14.4 Å². The van der Waals surface area contributed by atoms with Crippen molar-refractivity contribution in [2.75, 3.05) is 11.9 Å². The maximum Gasteiger partial charge on any atom is 0.312 e. The summed E-state index contributed by atoms with van der Waals surface area (Å²) in [7, 11) is 0. The van der Waals surface area contributed by atoms with Crippen molar-refractivity contribution in [1.82, 2.24) is 4.90 Å². The standard InChI is InChI=1S/C20H17N3O4S/c21-11-15-14-8-9-23(18(25)10-19(26)27)12-16(14)28-20(15)22-17(24)7-6-13-4-2-1-3-5-13/h1-7H,8-10,12H2,(H,22,24)(H,26,27). The van der Waals surface area contributed by atoms with Gasteiger partial charge in [-0.15, -0.1) is 11.3 Å². The Labute approximate surface area is 165 Å². The third-order valence-electron chi connectivity index (χ3n) is 4.29. The van der Waals surface area contributed by atoms with Crippen molar-refractivity contribution in [3.63, 3.8) is 0 Å². The third-order valence-corrected chi connectivity index (χ3v) is 5.42. The summed E-state index contributed by atoms with van der Waals surface area (Å²) in [5.41, 5.74) is 2.11. The Morgan fingerprint density at radius 3 is 2.71 bits per heavy atom. The first kappa shape index (κ1) is 19.3. The topological polar surface area (TPSA) is 111 Å². The Bertz CT molecular complexity index is 989. The second kappa shape index (κ2) is 8.50. The summed E-state index contributed by atoms with van der Waals surface area (Å²) in [5, 5.41) is 21.5. The molecule has 1 aromatic heterocycles. The molecule has 8 heteroatoms. The van der Waals surface area contributed by atoms with Gasteiger partial charge in [0.25, 0.3) is 0 Å². The number of carbonyl (C=O) groups excluding carboxylic acids is 2. The minimum absolute atomic E-state index is 0.247. The smallest absolute Gasteiger partial charge is 0.312 e. The molecule has 0 atom stereocenters. The van der Waals surface area contributed by atoms with Crippen LogP contribution < -0.4 is 5.32 Å². The molecular weight excluding hydrogens is 378 g/mol. The maximum atomic E-state index is 12.2. The summed E-state index contributed by atoms with van der Waals surface area (Å²) >= 11 is 1.25. The summed E-state index contributed by atoms with van der Waals surface area (Å²) < 4.78 is 0. The number of thiophene rings is 1. The number of hydrogen-bond acceptors (Lipinski definition) is 5. The number of benzene rings is 1. The lowest BCUT2D eigenvalue weighted by atomic mass is 10.0. The van der Waals surface area contributed by atoms with E-state index in [9.17, 15) is 19.6 Å². The van der Waals surface area contributed by atoms with E-state index in [0.29, 0.717) is 23.5 Å². The highest BCUT2D eigenvalue weighted by Crippen LogP contribution is 2.36. The zero-order valence-electron chi connectivity index (χ0n) is 14.8. The van der Waals surface area contributed by atoms with E-state index in [1.165, 1.54) is 22.3 Å². The van der Waals surface area contributed by atoms with E-state index >= 15 is 0 Å². The van der Waals surface area contributed by atoms with Crippen LogP contribution in [-0.2, 0) is 27.3 Å². The minimum atomic E-state index is -1.17. The molecule has 2 heterocycles. The van der Waals surface area contributed by atoms with Gasteiger partial charge in [-0.1, -0.05) is 30.3 Å². The zero-order chi connectivity index (χ0) is 20.1. The molecule has 28 heavy (non-hydrogen) atoms. The molecule has 0 saturated heterocycles. The molecule has 142 valence electrons. The van der Waals surface area contributed by atoms with Crippen LogP contribution in [0.1, 0.15) is 28.0 Å². The maximum absolute atomic E-state index is 12.2. The van der Waals surface area contributed by atoms with Crippen molar-refractivity contribution in [2.24, 2.45) is 0 Å². The van der Waals surface area contributed by atoms with Gasteiger partial charge in [-0.05, 0) is 23.6 Å². The fraction of sp³-hybridized carbons (Fsp3) is 0.200. The number of aliphatic carboxylic acids is 1. The van der Waals surface area contributed by atoms with Gasteiger partial charge in [0.2, 0.25) is 11.8 Å². The highest BCUT2D eigenvalue weighted by atomic mass is 32.1. The molecule has 2 aromatic rings. The molecule has 2 N–H and O–H groups in total. The number of carboxylic acids is 1. The van der Waals surface area contributed by atoms with E-state index in [-0.39, 0.29) is 12.5 Å². The number of anilines is 1. The molecule has 1 aliphatic heterocycles. The second-order valence-electron chi connectivity index (χ2n) is 6.19. The Balaban J connectivity index is 1.74. The molecule has 0 saturated carbocycles. The Morgan fingerprint density at radius 1 is 1.29 bits per heavy atom. The SMILES string of the molecule is N#Cc1c(NC(=O)C=Cc2ccccc2)sc2c1CCN(C(=O)CC(=O)O)C2. The van der Waals surface area contributed by atoms with E-state index < -0.39 is 18.3 Å². The first-order valence-corrected chi connectivity index (χ1v) is 9.38. The highest BCUT2D eigenvalue weighted by Gasteiger charge is 2.28. The van der Waals surface area contributed by atoms with E-state index in [1.54, 1.807) is 6.08 Å². The predicted molar refractivity (Wildman–Crippen MR) is 105 cm³/mol. The largest absolute Gasteiger partial charge is 0.481 e. The summed E-state index contributed by atoms with van der Waals surface area (Å²) in [6.07, 6.45) is 2.98. The lowest BCUT2D eigenvalue weighted by Crippen LogP contribution is -2.36. The summed E-state index contributed by atoms with van der Waals surface area (Å²) in [6.45, 7) is 0.600. The average molecular weight is 395 g/mol. The number of nitriles is 1. The molecule has 1 aliphatic rings. The fourth-order valence-corrected chi connectivity index (χ4v) is 4.17. The monoisotopic (exact) mass is 395 g/mol. The van der Waals surface area contributed by atoms with Gasteiger partial charge < -0.3 is 15.3 Å². The molecule has 0 fully saturated rings. The van der Waals surface area contributed by atoms with Crippen molar-refractivity contribution in [1.29, 1.82) is 5.26 Å². The number of amides is 2. The number of nitrogens with zero attached hydrogens (tertiary/aromatic N) is 2. The van der Waals surface area contributed by atoms with E-state index in [1.807, 2.05) is 30.3 Å². The van der Waals surface area contributed by atoms with Crippen LogP contribution in [0.4, 0.5) is 5.00 Å². The van der Waals surface area contributed by atoms with Crippen LogP contribution >= 0.6 is 11.3 Å². The van der Waals surface area contributed by atoms with Gasteiger partial charge in [-0.2, -0.15) is 5.26 Å². The summed E-state index contributed by atoms with van der Waals surface area (Å²) in [6, 6.07) is 11.5. The van der Waals surface area contributed by atoms with Gasteiger partial charge in [0.15, 0.2) is 0 Å². The van der Waals surface area contributed by atoms with E-state index in [4.69, 9.17) is 5.11 Å². The first-order chi connectivity index (χ1) is 13.5. The van der Waals surface area contributed by atoms with Crippen molar-refractivity contribution < 1.29 is 19.5 Å². The van der Waals surface area contributed by atoms with E-state index in [0.717, 1.165) is 16.0 Å². The number of rotatable bonds is 5. The van der Waals surface area contributed by atoms with Gasteiger partial charge in [-0.25, -0.2) is 0 Å². The minimum Gasteiger partial charge on any atom is -0.481 e. The normalized spacial score (nSPS) is 13.0. The summed E-state index contributed by atoms with van der Waals surface area (Å²) in [4.78, 5) is 37.2. The molecular formula is C20H17N3O4S. The van der Waals surface area contributed by atoms with Crippen LogP contribution in [0.2, 0.25) is 0 Å². The number of hydrogen-bond donors (Lipinski definition) is 2. The Morgan fingerprint density at radius 2 is 2.04 bits per heavy atom.